The van der Waals surface area contributed by atoms with Gasteiger partial charge in [0.2, 0.25) is 0 Å². The third kappa shape index (κ3) is 12.0. The molecule has 0 fully saturated rings. The van der Waals surface area contributed by atoms with Crippen molar-refractivity contribution in [2.24, 2.45) is 0 Å². The van der Waals surface area contributed by atoms with Crippen LogP contribution in [0.2, 0.25) is 0 Å². The summed E-state index contributed by atoms with van der Waals surface area (Å²) in [4.78, 5) is 0. The Labute approximate surface area is 101 Å². The molecule has 1 unspecified atom stereocenters. The van der Waals surface area contributed by atoms with Crippen LogP contribution < -0.4 is 0 Å². The largest absolute Gasteiger partial charge is 0.396 e. The van der Waals surface area contributed by atoms with Crippen LogP contribution in [0.25, 0.3) is 0 Å². The Bertz CT molecular complexity index is 126. The van der Waals surface area contributed by atoms with Crippen LogP contribution in [0.1, 0.15) is 77.6 Å². The van der Waals surface area contributed by atoms with Crippen LogP contribution >= 0.6 is 0 Å². The molecule has 0 spiro atoms. The van der Waals surface area contributed by atoms with Crippen LogP contribution in [0.4, 0.5) is 0 Å². The molecule has 0 bridgehead atoms. The lowest BCUT2D eigenvalue weighted by Gasteiger charge is -2.08. The van der Waals surface area contributed by atoms with Gasteiger partial charge in [-0.15, -0.1) is 0 Å². The summed E-state index contributed by atoms with van der Waals surface area (Å²) in [6.45, 7) is 2.46. The molecule has 0 saturated carbocycles. The predicted octanol–water partition coefficient (Wildman–Crippen LogP) is 3.65. The van der Waals surface area contributed by atoms with Crippen LogP contribution in [-0.2, 0) is 0 Å². The minimum Gasteiger partial charge on any atom is -0.396 e. The number of aliphatic hydroxyl groups is 2. The first-order valence-electron chi connectivity index (χ1n) is 7.10. The van der Waals surface area contributed by atoms with Gasteiger partial charge in [-0.1, -0.05) is 58.3 Å². The van der Waals surface area contributed by atoms with Crippen LogP contribution in [0.3, 0.4) is 0 Å². The van der Waals surface area contributed by atoms with Crippen molar-refractivity contribution in [1.82, 2.24) is 0 Å². The minimum absolute atomic E-state index is 0.0606. The fourth-order valence-electron chi connectivity index (χ4n) is 2.03. The van der Waals surface area contributed by atoms with E-state index in [9.17, 15) is 5.11 Å². The molecule has 2 heteroatoms. The van der Waals surface area contributed by atoms with Gasteiger partial charge in [-0.05, 0) is 19.3 Å². The Kier molecular flexibility index (Phi) is 12.9. The zero-order valence-electron chi connectivity index (χ0n) is 11.0. The second-order valence-corrected chi connectivity index (χ2v) is 4.78. The van der Waals surface area contributed by atoms with Gasteiger partial charge in [-0.3, -0.25) is 0 Å². The lowest BCUT2D eigenvalue weighted by atomic mass is 10.0. The summed E-state index contributed by atoms with van der Waals surface area (Å²) in [5.74, 6) is 0. The van der Waals surface area contributed by atoms with Crippen molar-refractivity contribution in [2.75, 3.05) is 6.61 Å². The minimum atomic E-state index is -0.0606. The van der Waals surface area contributed by atoms with E-state index in [1.54, 1.807) is 0 Å². The summed E-state index contributed by atoms with van der Waals surface area (Å²) in [5, 5.41) is 18.1. The van der Waals surface area contributed by atoms with Crippen LogP contribution in [0, 0.1) is 0 Å². The average Bonchev–Trinajstić information content (AvgIpc) is 2.27. The summed E-state index contributed by atoms with van der Waals surface area (Å²) >= 11 is 0. The molecule has 16 heavy (non-hydrogen) atoms. The number of hydrogen-bond acceptors (Lipinski definition) is 2. The average molecular weight is 230 g/mol. The SMILES string of the molecule is CCCC(O)CCCCCCCCCCO. The first-order valence-corrected chi connectivity index (χ1v) is 7.10. The van der Waals surface area contributed by atoms with Crippen molar-refractivity contribution in [2.45, 2.75) is 83.7 Å². The van der Waals surface area contributed by atoms with Gasteiger partial charge in [0, 0.05) is 6.61 Å². The summed E-state index contributed by atoms with van der Waals surface area (Å²) in [6, 6.07) is 0. The van der Waals surface area contributed by atoms with E-state index >= 15 is 0 Å². The molecule has 98 valence electrons. The maximum absolute atomic E-state index is 9.53. The highest BCUT2D eigenvalue weighted by atomic mass is 16.3. The fraction of sp³-hybridized carbons (Fsp3) is 1.00. The maximum Gasteiger partial charge on any atom is 0.0540 e. The second kappa shape index (κ2) is 13.0. The third-order valence-electron chi connectivity index (χ3n) is 3.07. The monoisotopic (exact) mass is 230 g/mol. The van der Waals surface area contributed by atoms with Crippen molar-refractivity contribution in [3.05, 3.63) is 0 Å². The highest BCUT2D eigenvalue weighted by Crippen LogP contribution is 2.12. The summed E-state index contributed by atoms with van der Waals surface area (Å²) in [5.41, 5.74) is 0. The quantitative estimate of drug-likeness (QED) is 0.502. The lowest BCUT2D eigenvalue weighted by molar-refractivity contribution is 0.150. The van der Waals surface area contributed by atoms with E-state index in [0.717, 1.165) is 25.7 Å². The van der Waals surface area contributed by atoms with Gasteiger partial charge in [-0.25, -0.2) is 0 Å². The number of aliphatic hydroxyl groups excluding tert-OH is 2. The molecule has 0 rings (SSSR count). The summed E-state index contributed by atoms with van der Waals surface area (Å²) in [6.07, 6.45) is 12.7. The second-order valence-electron chi connectivity index (χ2n) is 4.78. The Hall–Kier alpha value is -0.0800. The molecule has 0 aliphatic heterocycles. The van der Waals surface area contributed by atoms with E-state index in [0.29, 0.717) is 6.61 Å². The molecule has 2 N–H and O–H groups in total. The molecule has 0 saturated heterocycles. The molecular weight excluding hydrogens is 200 g/mol. The van der Waals surface area contributed by atoms with Crippen LogP contribution in [0.5, 0.6) is 0 Å². The van der Waals surface area contributed by atoms with Crippen LogP contribution in [0.15, 0.2) is 0 Å². The normalized spacial score (nSPS) is 12.9. The van der Waals surface area contributed by atoms with E-state index in [-0.39, 0.29) is 6.10 Å². The zero-order valence-corrected chi connectivity index (χ0v) is 11.0. The number of hydrogen-bond donors (Lipinski definition) is 2. The molecule has 1 atom stereocenters. The Morgan fingerprint density at radius 3 is 1.75 bits per heavy atom. The molecule has 0 aliphatic carbocycles. The van der Waals surface area contributed by atoms with Crippen molar-refractivity contribution in [1.29, 1.82) is 0 Å². The molecule has 0 amide bonds. The molecule has 2 nitrogen and oxygen atoms in total. The van der Waals surface area contributed by atoms with Gasteiger partial charge in [0.05, 0.1) is 6.10 Å². The number of unbranched alkanes of at least 4 members (excludes halogenated alkanes) is 7. The van der Waals surface area contributed by atoms with Gasteiger partial charge in [0.1, 0.15) is 0 Å². The first kappa shape index (κ1) is 15.9. The molecule has 0 aromatic rings. The van der Waals surface area contributed by atoms with Gasteiger partial charge in [0.15, 0.2) is 0 Å². The van der Waals surface area contributed by atoms with Crippen molar-refractivity contribution in [3.8, 4) is 0 Å². The Morgan fingerprint density at radius 1 is 0.750 bits per heavy atom. The predicted molar refractivity (Wildman–Crippen MR) is 69.6 cm³/mol. The van der Waals surface area contributed by atoms with E-state index < -0.39 is 0 Å². The highest BCUT2D eigenvalue weighted by molar-refractivity contribution is 4.55. The zero-order chi connectivity index (χ0) is 12.1. The van der Waals surface area contributed by atoms with Crippen molar-refractivity contribution >= 4 is 0 Å². The van der Waals surface area contributed by atoms with E-state index in [2.05, 4.69) is 6.92 Å². The van der Waals surface area contributed by atoms with Gasteiger partial charge < -0.3 is 10.2 Å². The van der Waals surface area contributed by atoms with E-state index in [1.807, 2.05) is 0 Å². The Balaban J connectivity index is 2.98. The summed E-state index contributed by atoms with van der Waals surface area (Å²) in [7, 11) is 0. The highest BCUT2D eigenvalue weighted by Gasteiger charge is 2.01. The molecule has 0 heterocycles. The molecule has 0 aromatic carbocycles. The van der Waals surface area contributed by atoms with E-state index in [4.69, 9.17) is 5.11 Å². The van der Waals surface area contributed by atoms with Gasteiger partial charge in [0.25, 0.3) is 0 Å². The number of rotatable bonds is 12. The topological polar surface area (TPSA) is 40.5 Å². The maximum atomic E-state index is 9.53. The molecule has 0 radical (unpaired) electrons. The smallest absolute Gasteiger partial charge is 0.0540 e. The van der Waals surface area contributed by atoms with Gasteiger partial charge >= 0.3 is 0 Å². The summed E-state index contributed by atoms with van der Waals surface area (Å²) < 4.78 is 0. The lowest BCUT2D eigenvalue weighted by Crippen LogP contribution is -2.04. The molecule has 0 aliphatic rings. The van der Waals surface area contributed by atoms with E-state index in [1.165, 1.54) is 44.9 Å². The van der Waals surface area contributed by atoms with Crippen molar-refractivity contribution < 1.29 is 10.2 Å². The molecule has 0 aromatic heterocycles. The first-order chi connectivity index (χ1) is 7.81. The van der Waals surface area contributed by atoms with Gasteiger partial charge in [-0.2, -0.15) is 0 Å². The third-order valence-corrected chi connectivity index (χ3v) is 3.07. The standard InChI is InChI=1S/C14H30O2/c1-2-11-14(16)12-9-7-5-3-4-6-8-10-13-15/h14-16H,2-13H2,1H3. The van der Waals surface area contributed by atoms with Crippen LogP contribution in [-0.4, -0.2) is 22.9 Å². The Morgan fingerprint density at radius 2 is 1.25 bits per heavy atom. The van der Waals surface area contributed by atoms with Crippen molar-refractivity contribution in [3.63, 3.8) is 0 Å². The molecular formula is C14H30O2. The fourth-order valence-corrected chi connectivity index (χ4v) is 2.03.